The predicted octanol–water partition coefficient (Wildman–Crippen LogP) is 6.13. The first-order chi connectivity index (χ1) is 20.9. The van der Waals surface area contributed by atoms with Crippen LogP contribution in [0, 0.1) is 10.1 Å². The maximum absolute atomic E-state index is 13.2. The summed E-state index contributed by atoms with van der Waals surface area (Å²) in [5, 5.41) is 23.9. The molecular weight excluding hydrogens is 606 g/mol. The number of amides is 1. The summed E-state index contributed by atoms with van der Waals surface area (Å²) in [6, 6.07) is 24.2. The molecule has 1 saturated heterocycles. The number of non-ortho nitro benzene ring substituents is 1. The Morgan fingerprint density at radius 2 is 1.72 bits per heavy atom. The molecule has 3 aromatic carbocycles. The SMILES string of the molecule is O=C(c1csc(CSc2nnc(Cc3ccccc3)n2-c2cccc(Cl)c2)n1)N1CCN(c2ccc([N+](=O)[O-])cc2)CC1. The molecule has 218 valence electrons. The van der Waals surface area contributed by atoms with Gasteiger partial charge in [-0.2, -0.15) is 0 Å². The van der Waals surface area contributed by atoms with Crippen LogP contribution in [0.15, 0.2) is 89.4 Å². The van der Waals surface area contributed by atoms with Gasteiger partial charge in [-0.25, -0.2) is 4.98 Å². The molecule has 1 aliphatic rings. The predicted molar refractivity (Wildman–Crippen MR) is 169 cm³/mol. The Morgan fingerprint density at radius 3 is 2.44 bits per heavy atom. The number of hydrogen-bond acceptors (Lipinski definition) is 9. The summed E-state index contributed by atoms with van der Waals surface area (Å²) < 4.78 is 2.02. The Bertz CT molecular complexity index is 1740. The Morgan fingerprint density at radius 1 is 0.953 bits per heavy atom. The average Bonchev–Trinajstić information content (AvgIpc) is 3.67. The number of nitro benzene ring substituents is 1. The number of carbonyl (C=O) groups excluding carboxylic acids is 1. The standard InChI is InChI=1S/C30H26ClN7O3S2/c31-22-7-4-8-25(18-22)37-27(17-21-5-2-1-3-6-21)33-34-30(37)43-20-28-32-26(19-42-28)29(39)36-15-13-35(14-16-36)23-9-11-24(12-10-23)38(40)41/h1-12,18-19H,13-17,20H2. The van der Waals surface area contributed by atoms with Gasteiger partial charge < -0.3 is 9.80 Å². The number of halogens is 1. The highest BCUT2D eigenvalue weighted by Gasteiger charge is 2.25. The van der Waals surface area contributed by atoms with Crippen LogP contribution in [-0.4, -0.2) is 61.7 Å². The van der Waals surface area contributed by atoms with Crippen LogP contribution in [0.2, 0.25) is 5.02 Å². The number of anilines is 1. The van der Waals surface area contributed by atoms with Crippen molar-refractivity contribution in [2.75, 3.05) is 31.1 Å². The first-order valence-corrected chi connectivity index (χ1v) is 15.8. The van der Waals surface area contributed by atoms with Crippen molar-refractivity contribution >= 4 is 52.0 Å². The minimum Gasteiger partial charge on any atom is -0.368 e. The van der Waals surface area contributed by atoms with Gasteiger partial charge in [0.1, 0.15) is 16.5 Å². The van der Waals surface area contributed by atoms with Crippen LogP contribution in [0.1, 0.15) is 26.9 Å². The smallest absolute Gasteiger partial charge is 0.273 e. The van der Waals surface area contributed by atoms with Gasteiger partial charge in [0.25, 0.3) is 11.6 Å². The summed E-state index contributed by atoms with van der Waals surface area (Å²) in [7, 11) is 0. The van der Waals surface area contributed by atoms with Gasteiger partial charge in [0.15, 0.2) is 5.16 Å². The summed E-state index contributed by atoms with van der Waals surface area (Å²) in [6.45, 7) is 2.37. The van der Waals surface area contributed by atoms with Crippen LogP contribution < -0.4 is 4.90 Å². The number of hydrogen-bond donors (Lipinski definition) is 0. The van der Waals surface area contributed by atoms with Crippen LogP contribution in [-0.2, 0) is 12.2 Å². The zero-order valence-electron chi connectivity index (χ0n) is 22.9. The third-order valence-electron chi connectivity index (χ3n) is 7.06. The second-order valence-electron chi connectivity index (χ2n) is 9.84. The highest BCUT2D eigenvalue weighted by atomic mass is 35.5. The molecule has 1 aliphatic heterocycles. The van der Waals surface area contributed by atoms with E-state index in [1.54, 1.807) is 17.0 Å². The van der Waals surface area contributed by atoms with E-state index in [2.05, 4.69) is 32.2 Å². The summed E-state index contributed by atoms with van der Waals surface area (Å²) in [6.07, 6.45) is 0.619. The first-order valence-electron chi connectivity index (χ1n) is 13.5. The molecule has 10 nitrogen and oxygen atoms in total. The molecule has 13 heteroatoms. The lowest BCUT2D eigenvalue weighted by Gasteiger charge is -2.35. The number of nitrogens with zero attached hydrogens (tertiary/aromatic N) is 7. The Kier molecular flexibility index (Phi) is 8.68. The average molecular weight is 632 g/mol. The van der Waals surface area contributed by atoms with Crippen molar-refractivity contribution in [3.8, 4) is 5.69 Å². The van der Waals surface area contributed by atoms with E-state index in [0.717, 1.165) is 32.9 Å². The van der Waals surface area contributed by atoms with Gasteiger partial charge in [-0.15, -0.1) is 21.5 Å². The van der Waals surface area contributed by atoms with Crippen molar-refractivity contribution in [3.63, 3.8) is 0 Å². The number of piperazine rings is 1. The number of thioether (sulfide) groups is 1. The molecule has 5 aromatic rings. The van der Waals surface area contributed by atoms with E-state index in [4.69, 9.17) is 11.6 Å². The van der Waals surface area contributed by atoms with Crippen LogP contribution in [0.3, 0.4) is 0 Å². The van der Waals surface area contributed by atoms with Gasteiger partial charge in [0, 0.05) is 60.8 Å². The molecule has 0 spiro atoms. The molecule has 43 heavy (non-hydrogen) atoms. The summed E-state index contributed by atoms with van der Waals surface area (Å²) in [5.41, 5.74) is 3.42. The number of benzene rings is 3. The fourth-order valence-corrected chi connectivity index (χ4v) is 6.82. The van der Waals surface area contributed by atoms with Crippen molar-refractivity contribution in [2.45, 2.75) is 17.3 Å². The van der Waals surface area contributed by atoms with Gasteiger partial charge in [0.05, 0.1) is 16.4 Å². The number of thiazole rings is 1. The fraction of sp³-hybridized carbons (Fsp3) is 0.200. The summed E-state index contributed by atoms with van der Waals surface area (Å²) in [5.74, 6) is 1.25. The molecule has 0 atom stereocenters. The first kappa shape index (κ1) is 28.8. The van der Waals surface area contributed by atoms with E-state index < -0.39 is 4.92 Å². The zero-order chi connectivity index (χ0) is 29.8. The van der Waals surface area contributed by atoms with Crippen LogP contribution in [0.4, 0.5) is 11.4 Å². The lowest BCUT2D eigenvalue weighted by molar-refractivity contribution is -0.384. The Labute approximate surface area is 261 Å². The van der Waals surface area contributed by atoms with Gasteiger partial charge in [0.2, 0.25) is 0 Å². The second-order valence-corrected chi connectivity index (χ2v) is 12.2. The maximum atomic E-state index is 13.2. The van der Waals surface area contributed by atoms with Crippen molar-refractivity contribution in [2.24, 2.45) is 0 Å². The van der Waals surface area contributed by atoms with Crippen LogP contribution in [0.25, 0.3) is 5.69 Å². The zero-order valence-corrected chi connectivity index (χ0v) is 25.3. The molecule has 1 fully saturated rings. The van der Waals surface area contributed by atoms with Crippen LogP contribution in [0.5, 0.6) is 0 Å². The normalized spacial score (nSPS) is 13.3. The lowest BCUT2D eigenvalue weighted by atomic mass is 10.1. The molecule has 6 rings (SSSR count). The quantitative estimate of drug-likeness (QED) is 0.109. The molecule has 3 heterocycles. The minimum atomic E-state index is -0.408. The Hall–Kier alpha value is -4.26. The van der Waals surface area contributed by atoms with E-state index in [9.17, 15) is 14.9 Å². The topological polar surface area (TPSA) is 110 Å². The van der Waals surface area contributed by atoms with Crippen molar-refractivity contribution in [1.82, 2.24) is 24.6 Å². The third-order valence-corrected chi connectivity index (χ3v) is 9.27. The highest BCUT2D eigenvalue weighted by Crippen LogP contribution is 2.29. The summed E-state index contributed by atoms with van der Waals surface area (Å²) >= 11 is 9.29. The molecule has 0 N–H and O–H groups in total. The number of rotatable bonds is 9. The van der Waals surface area contributed by atoms with E-state index in [0.29, 0.717) is 49.1 Å². The minimum absolute atomic E-state index is 0.0624. The Balaban J connectivity index is 1.10. The van der Waals surface area contributed by atoms with Gasteiger partial charge in [-0.3, -0.25) is 19.5 Å². The van der Waals surface area contributed by atoms with Gasteiger partial charge >= 0.3 is 0 Å². The van der Waals surface area contributed by atoms with E-state index in [1.165, 1.54) is 35.2 Å². The number of nitro groups is 1. The number of carbonyl (C=O) groups is 1. The molecule has 0 bridgehead atoms. The van der Waals surface area contributed by atoms with Crippen molar-refractivity contribution in [1.29, 1.82) is 0 Å². The molecule has 0 aliphatic carbocycles. The van der Waals surface area contributed by atoms with E-state index in [-0.39, 0.29) is 11.6 Å². The van der Waals surface area contributed by atoms with Crippen molar-refractivity contribution in [3.05, 3.63) is 121 Å². The van der Waals surface area contributed by atoms with E-state index in [1.807, 2.05) is 52.4 Å². The maximum Gasteiger partial charge on any atom is 0.273 e. The lowest BCUT2D eigenvalue weighted by Crippen LogP contribution is -2.48. The largest absolute Gasteiger partial charge is 0.368 e. The molecule has 0 unspecified atom stereocenters. The monoisotopic (exact) mass is 631 g/mol. The van der Waals surface area contributed by atoms with Gasteiger partial charge in [-0.05, 0) is 35.9 Å². The van der Waals surface area contributed by atoms with Crippen molar-refractivity contribution < 1.29 is 9.72 Å². The molecule has 2 aromatic heterocycles. The molecule has 0 saturated carbocycles. The second kappa shape index (κ2) is 12.9. The third kappa shape index (κ3) is 6.71. The molecule has 1 amide bonds. The van der Waals surface area contributed by atoms with Gasteiger partial charge in [-0.1, -0.05) is 59.8 Å². The highest BCUT2D eigenvalue weighted by molar-refractivity contribution is 7.98. The fourth-order valence-electron chi connectivity index (χ4n) is 4.88. The van der Waals surface area contributed by atoms with E-state index >= 15 is 0 Å². The molecular formula is C30H26ClN7O3S2. The summed E-state index contributed by atoms with van der Waals surface area (Å²) in [4.78, 5) is 32.3. The van der Waals surface area contributed by atoms with Crippen LogP contribution >= 0.6 is 34.7 Å². The number of aromatic nitrogens is 4. The molecule has 0 radical (unpaired) electrons.